The molecule has 244 valence electrons. The van der Waals surface area contributed by atoms with Crippen molar-refractivity contribution < 1.29 is 32.8 Å². The molecule has 2 N–H and O–H groups in total. The number of thioether (sulfide) groups is 1. The Hall–Kier alpha value is -3.06. The van der Waals surface area contributed by atoms with E-state index >= 15 is 0 Å². The van der Waals surface area contributed by atoms with Crippen molar-refractivity contribution in [2.75, 3.05) is 26.0 Å². The van der Waals surface area contributed by atoms with Crippen LogP contribution in [0.1, 0.15) is 86.7 Å². The fraction of sp³-hybridized carbons (Fsp3) is 0.645. The number of aryl methyl sites for hydroxylation is 1. The molecule has 1 aromatic heterocycles. The summed E-state index contributed by atoms with van der Waals surface area (Å²) in [5.74, 6) is 1.92. The number of ether oxygens (including phenoxy) is 2. The molecule has 1 aliphatic rings. The molecule has 0 unspecified atom stereocenters. The summed E-state index contributed by atoms with van der Waals surface area (Å²) in [5, 5.41) is 9.66. The van der Waals surface area contributed by atoms with Gasteiger partial charge >= 0.3 is 5.97 Å². The van der Waals surface area contributed by atoms with E-state index in [9.17, 15) is 14.4 Å². The van der Waals surface area contributed by atoms with Gasteiger partial charge in [-0.3, -0.25) is 9.59 Å². The molecule has 1 aliphatic heterocycles. The standard InChI is InChI=1S/C31H48N4O7SSi/c1-18(2)31(6,7)44(9,10)42-26-13-25(39-8)19(3)28-23(26)16-43-17-24(29-33-20(4)35-41-29)34-27(37)12-11-22(14-32-21(5)36)15-40-30(28)38/h13,18,22,24H,11-12,14-17H2,1-10H3,(H,32,36)(H,34,37)/t22-,24+/m1/s1. The molecule has 2 amide bonds. The summed E-state index contributed by atoms with van der Waals surface area (Å²) in [6.45, 7) is 18.5. The molecule has 0 spiro atoms. The molecule has 2 aromatic rings. The number of rotatable bonds is 8. The van der Waals surface area contributed by atoms with E-state index in [1.807, 2.05) is 13.0 Å². The Bertz CT molecular complexity index is 1340. The maximum Gasteiger partial charge on any atom is 0.338 e. The van der Waals surface area contributed by atoms with Crippen LogP contribution >= 0.6 is 11.8 Å². The summed E-state index contributed by atoms with van der Waals surface area (Å²) < 4.78 is 24.0. The third kappa shape index (κ3) is 8.55. The van der Waals surface area contributed by atoms with Gasteiger partial charge in [-0.2, -0.15) is 16.7 Å². The number of carbonyl (C=O) groups excluding carboxylic acids is 3. The first-order valence-electron chi connectivity index (χ1n) is 15.1. The number of methoxy groups -OCH3 is 1. The molecular weight excluding hydrogens is 601 g/mol. The SMILES string of the molecule is COc1cc(O[Si](C)(C)C(C)(C)C(C)C)c2c(c1C)C(=O)OC[C@@H](CNC(C)=O)CCC(=O)N[C@H](c1nc(C)no1)CSC2. The van der Waals surface area contributed by atoms with Gasteiger partial charge in [0.05, 0.1) is 19.3 Å². The lowest BCUT2D eigenvalue weighted by atomic mass is 9.99. The second-order valence-electron chi connectivity index (χ2n) is 12.8. The number of carbonyl (C=O) groups is 3. The van der Waals surface area contributed by atoms with Crippen molar-refractivity contribution in [1.82, 2.24) is 20.8 Å². The van der Waals surface area contributed by atoms with Gasteiger partial charge in [-0.1, -0.05) is 32.9 Å². The van der Waals surface area contributed by atoms with Crippen LogP contribution in [0.2, 0.25) is 18.1 Å². The third-order valence-corrected chi connectivity index (χ3v) is 14.4. The molecule has 0 bridgehead atoms. The van der Waals surface area contributed by atoms with Crippen LogP contribution in [0.5, 0.6) is 11.5 Å². The average molecular weight is 649 g/mol. The smallest absolute Gasteiger partial charge is 0.338 e. The lowest BCUT2D eigenvalue weighted by molar-refractivity contribution is -0.122. The molecule has 0 saturated heterocycles. The Kier molecular flexibility index (Phi) is 11.9. The summed E-state index contributed by atoms with van der Waals surface area (Å²) in [4.78, 5) is 43.0. The first-order valence-corrected chi connectivity index (χ1v) is 19.1. The number of fused-ring (bicyclic) bond motifs is 1. The van der Waals surface area contributed by atoms with Gasteiger partial charge in [-0.25, -0.2) is 4.79 Å². The van der Waals surface area contributed by atoms with Crippen LogP contribution in [0.15, 0.2) is 10.6 Å². The zero-order chi connectivity index (χ0) is 32.8. The van der Waals surface area contributed by atoms with Crippen LogP contribution in [-0.4, -0.2) is 62.3 Å². The van der Waals surface area contributed by atoms with E-state index in [4.69, 9.17) is 18.4 Å². The minimum Gasteiger partial charge on any atom is -0.543 e. The largest absolute Gasteiger partial charge is 0.543 e. The topological polar surface area (TPSA) is 142 Å². The summed E-state index contributed by atoms with van der Waals surface area (Å²) >= 11 is 1.52. The number of nitrogens with one attached hydrogen (secondary N) is 2. The number of esters is 1. The van der Waals surface area contributed by atoms with E-state index in [1.54, 1.807) is 14.0 Å². The predicted molar refractivity (Wildman–Crippen MR) is 172 cm³/mol. The molecule has 3 rings (SSSR count). The van der Waals surface area contributed by atoms with Gasteiger partial charge in [-0.15, -0.1) is 0 Å². The van der Waals surface area contributed by atoms with Gasteiger partial charge in [0.1, 0.15) is 17.5 Å². The van der Waals surface area contributed by atoms with Crippen molar-refractivity contribution in [2.24, 2.45) is 11.8 Å². The van der Waals surface area contributed by atoms with Crippen molar-refractivity contribution in [3.05, 3.63) is 34.5 Å². The van der Waals surface area contributed by atoms with Crippen molar-refractivity contribution in [1.29, 1.82) is 0 Å². The fourth-order valence-electron chi connectivity index (χ4n) is 4.92. The lowest BCUT2D eigenvalue weighted by Gasteiger charge is -2.43. The van der Waals surface area contributed by atoms with E-state index in [0.717, 1.165) is 0 Å². The van der Waals surface area contributed by atoms with Crippen LogP contribution in [0, 0.1) is 25.7 Å². The van der Waals surface area contributed by atoms with Gasteiger partial charge in [-0.05, 0) is 44.3 Å². The zero-order valence-corrected chi connectivity index (χ0v) is 29.5. The lowest BCUT2D eigenvalue weighted by Crippen LogP contribution is -2.48. The van der Waals surface area contributed by atoms with Gasteiger partial charge < -0.3 is 29.1 Å². The van der Waals surface area contributed by atoms with Gasteiger partial charge in [0.2, 0.25) is 17.7 Å². The summed E-state index contributed by atoms with van der Waals surface area (Å²) in [5.41, 5.74) is 1.77. The maximum absolute atomic E-state index is 13.9. The molecule has 2 atom stereocenters. The van der Waals surface area contributed by atoms with E-state index in [0.29, 0.717) is 63.7 Å². The number of cyclic esters (lactones) is 1. The molecule has 1 aromatic carbocycles. The Labute approximate surface area is 266 Å². The van der Waals surface area contributed by atoms with Gasteiger partial charge in [0.25, 0.3) is 8.32 Å². The second kappa shape index (κ2) is 14.8. The van der Waals surface area contributed by atoms with Crippen molar-refractivity contribution in [3.8, 4) is 11.5 Å². The highest BCUT2D eigenvalue weighted by Gasteiger charge is 2.45. The van der Waals surface area contributed by atoms with E-state index in [-0.39, 0.29) is 42.3 Å². The van der Waals surface area contributed by atoms with Crippen molar-refractivity contribution >= 4 is 37.9 Å². The highest BCUT2D eigenvalue weighted by molar-refractivity contribution is 7.98. The number of amides is 2. The molecule has 13 heteroatoms. The molecule has 0 radical (unpaired) electrons. The normalized spacial score (nSPS) is 19.0. The molecule has 2 heterocycles. The van der Waals surface area contributed by atoms with Crippen LogP contribution < -0.4 is 19.8 Å². The van der Waals surface area contributed by atoms with Crippen LogP contribution in [0.3, 0.4) is 0 Å². The average Bonchev–Trinajstić information content (AvgIpc) is 3.38. The third-order valence-electron chi connectivity index (χ3n) is 8.97. The summed E-state index contributed by atoms with van der Waals surface area (Å²) in [7, 11) is -0.831. The van der Waals surface area contributed by atoms with E-state index in [1.165, 1.54) is 18.7 Å². The highest BCUT2D eigenvalue weighted by Crippen LogP contribution is 2.47. The quantitative estimate of drug-likeness (QED) is 0.278. The Morgan fingerprint density at radius 3 is 2.55 bits per heavy atom. The Balaban J connectivity index is 2.12. The zero-order valence-electron chi connectivity index (χ0n) is 27.7. The fourth-order valence-corrected chi connectivity index (χ4v) is 8.38. The Morgan fingerprint density at radius 1 is 1.25 bits per heavy atom. The number of hydrogen-bond donors (Lipinski definition) is 2. The predicted octanol–water partition coefficient (Wildman–Crippen LogP) is 5.51. The number of hydrogen-bond acceptors (Lipinski definition) is 10. The van der Waals surface area contributed by atoms with Crippen molar-refractivity contribution in [3.63, 3.8) is 0 Å². The first kappa shape index (κ1) is 35.4. The van der Waals surface area contributed by atoms with E-state index in [2.05, 4.69) is 61.6 Å². The summed E-state index contributed by atoms with van der Waals surface area (Å²) in [6, 6.07) is 1.34. The van der Waals surface area contributed by atoms with Crippen molar-refractivity contribution in [2.45, 2.75) is 91.2 Å². The van der Waals surface area contributed by atoms with Crippen LogP contribution in [0.25, 0.3) is 0 Å². The molecule has 0 fully saturated rings. The number of nitrogens with zero attached hydrogens (tertiary/aromatic N) is 2. The molecule has 44 heavy (non-hydrogen) atoms. The van der Waals surface area contributed by atoms with Crippen LogP contribution in [0.4, 0.5) is 0 Å². The van der Waals surface area contributed by atoms with Gasteiger partial charge in [0, 0.05) is 54.5 Å². The molecule has 0 aliphatic carbocycles. The molecule has 11 nitrogen and oxygen atoms in total. The first-order chi connectivity index (χ1) is 20.6. The number of benzene rings is 1. The molecular formula is C31H48N4O7SSi. The monoisotopic (exact) mass is 648 g/mol. The molecule has 0 saturated carbocycles. The highest BCUT2D eigenvalue weighted by atomic mass is 32.2. The minimum absolute atomic E-state index is 0.0265. The minimum atomic E-state index is -2.41. The van der Waals surface area contributed by atoms with Crippen LogP contribution in [-0.2, 0) is 20.1 Å². The maximum atomic E-state index is 13.9. The second-order valence-corrected chi connectivity index (χ2v) is 18.3. The summed E-state index contributed by atoms with van der Waals surface area (Å²) in [6.07, 6.45) is 0.563. The van der Waals surface area contributed by atoms with E-state index < -0.39 is 20.3 Å². The van der Waals surface area contributed by atoms with Gasteiger partial charge in [0.15, 0.2) is 5.82 Å². The number of aromatic nitrogens is 2. The Morgan fingerprint density at radius 2 is 1.95 bits per heavy atom.